The predicted molar refractivity (Wildman–Crippen MR) is 112 cm³/mol. The number of pyridine rings is 2. The Morgan fingerprint density at radius 1 is 1.15 bits per heavy atom. The molecule has 1 atom stereocenters. The highest BCUT2D eigenvalue weighted by atomic mass is 32.2. The fourth-order valence-corrected chi connectivity index (χ4v) is 3.68. The smallest absolute Gasteiger partial charge is 0.433 e. The normalized spacial score (nSPS) is 13.3. The monoisotopic (exact) mass is 482 g/mol. The Labute approximate surface area is 186 Å². The summed E-state index contributed by atoms with van der Waals surface area (Å²) in [4.78, 5) is 20.2. The summed E-state index contributed by atoms with van der Waals surface area (Å²) in [5.41, 5.74) is -1.98. The number of carbonyl (C=O) groups excluding carboxylic acids is 1. The Morgan fingerprint density at radius 3 is 2.45 bits per heavy atom. The van der Waals surface area contributed by atoms with E-state index < -0.39 is 44.6 Å². The first-order chi connectivity index (χ1) is 15.3. The second-order valence-corrected chi connectivity index (χ2v) is 9.27. The molecule has 2 N–H and O–H groups in total. The minimum Gasteiger partial charge on any atom is -0.453 e. The van der Waals surface area contributed by atoms with Crippen molar-refractivity contribution in [2.45, 2.75) is 24.9 Å². The number of rotatable bonds is 5. The number of anilines is 1. The molecule has 0 saturated heterocycles. The maximum Gasteiger partial charge on any atom is 0.433 e. The summed E-state index contributed by atoms with van der Waals surface area (Å²) in [5, 5.41) is 2.44. The zero-order valence-corrected chi connectivity index (χ0v) is 18.4. The molecular weight excluding hydrogens is 464 g/mol. The molecule has 3 aromatic rings. The Bertz CT molecular complexity index is 1340. The third-order valence-electron chi connectivity index (χ3n) is 4.55. The minimum atomic E-state index is -4.83. The average Bonchev–Trinajstić information content (AvgIpc) is 2.68. The van der Waals surface area contributed by atoms with Crippen LogP contribution in [-0.4, -0.2) is 26.3 Å². The van der Waals surface area contributed by atoms with Gasteiger partial charge in [0.15, 0.2) is 5.75 Å². The number of hydrogen-bond acceptors (Lipinski definition) is 6. The number of aryl methyl sites for hydroxylation is 1. The zero-order valence-electron chi connectivity index (χ0n) is 17.6. The van der Waals surface area contributed by atoms with Crippen LogP contribution in [0.3, 0.4) is 0 Å². The molecule has 0 aliphatic rings. The number of nitrogens with zero attached hydrogens (tertiary/aromatic N) is 2. The lowest BCUT2D eigenvalue weighted by atomic mass is 10.1. The van der Waals surface area contributed by atoms with Crippen molar-refractivity contribution >= 4 is 21.3 Å². The Balaban J connectivity index is 2.08. The summed E-state index contributed by atoms with van der Waals surface area (Å²) in [5.74, 6) is -2.01. The van der Waals surface area contributed by atoms with E-state index >= 15 is 0 Å². The van der Waals surface area contributed by atoms with Gasteiger partial charge in [0.25, 0.3) is 5.91 Å². The molecule has 0 saturated carbocycles. The van der Waals surface area contributed by atoms with E-state index in [1.54, 1.807) is 0 Å². The Morgan fingerprint density at radius 2 is 1.85 bits per heavy atom. The van der Waals surface area contributed by atoms with Crippen LogP contribution in [0.2, 0.25) is 0 Å². The maximum atomic E-state index is 13.4. The molecule has 0 aliphatic carbocycles. The summed E-state index contributed by atoms with van der Waals surface area (Å²) >= 11 is 0. The number of hydrogen-bond donors (Lipinski definition) is 2. The first-order valence-corrected chi connectivity index (χ1v) is 11.3. The molecule has 0 spiro atoms. The molecule has 2 heterocycles. The van der Waals surface area contributed by atoms with Crippen molar-refractivity contribution in [3.63, 3.8) is 0 Å². The lowest BCUT2D eigenvalue weighted by molar-refractivity contribution is -0.141. The fourth-order valence-electron chi connectivity index (χ4n) is 2.99. The highest BCUT2D eigenvalue weighted by molar-refractivity contribution is 7.91. The average molecular weight is 482 g/mol. The first-order valence-electron chi connectivity index (χ1n) is 9.30. The molecule has 3 rings (SSSR count). The summed E-state index contributed by atoms with van der Waals surface area (Å²) in [6.45, 7) is 2.50. The molecule has 0 aliphatic heterocycles. The van der Waals surface area contributed by atoms with E-state index in [2.05, 4.69) is 15.3 Å². The van der Waals surface area contributed by atoms with Gasteiger partial charge in [0, 0.05) is 16.8 Å². The van der Waals surface area contributed by atoms with Crippen LogP contribution in [0, 0.1) is 24.6 Å². The second-order valence-electron chi connectivity index (χ2n) is 7.11. The van der Waals surface area contributed by atoms with Crippen molar-refractivity contribution in [2.24, 2.45) is 0 Å². The van der Waals surface area contributed by atoms with Gasteiger partial charge in [-0.1, -0.05) is 6.07 Å². The zero-order chi connectivity index (χ0) is 24.6. The standard InChI is InChI=1S/C21H18F4N4O3S/c1-11-18(20(30)29-13-5-4-6-14(9-13)33(3,26)31)16(10-27-19(11)21(23,24)25)32-15-7-8-17(22)28-12(15)2/h4-10,26H,1-3H3,(H,29,30)/t33-/m1/s1. The molecule has 33 heavy (non-hydrogen) atoms. The van der Waals surface area contributed by atoms with Crippen LogP contribution < -0.4 is 10.1 Å². The summed E-state index contributed by atoms with van der Waals surface area (Å²) in [7, 11) is -3.09. The van der Waals surface area contributed by atoms with E-state index in [-0.39, 0.29) is 27.8 Å². The van der Waals surface area contributed by atoms with Crippen LogP contribution in [0.1, 0.15) is 27.3 Å². The molecule has 1 aromatic carbocycles. The van der Waals surface area contributed by atoms with Crippen LogP contribution in [0.25, 0.3) is 0 Å². The molecule has 0 fully saturated rings. The Hall–Kier alpha value is -3.54. The minimum absolute atomic E-state index is 0.0216. The first kappa shape index (κ1) is 24.1. The quantitative estimate of drug-likeness (QED) is 0.378. The highest BCUT2D eigenvalue weighted by Crippen LogP contribution is 2.36. The van der Waals surface area contributed by atoms with E-state index in [4.69, 9.17) is 9.52 Å². The van der Waals surface area contributed by atoms with Crippen molar-refractivity contribution in [3.05, 3.63) is 71.1 Å². The second kappa shape index (κ2) is 8.77. The van der Waals surface area contributed by atoms with Crippen LogP contribution in [0.4, 0.5) is 23.2 Å². The SMILES string of the molecule is Cc1nc(F)ccc1Oc1cnc(C(F)(F)F)c(C)c1C(=O)Nc1cccc([S@](C)(=N)=O)c1. The molecule has 0 radical (unpaired) electrons. The van der Waals surface area contributed by atoms with Gasteiger partial charge < -0.3 is 10.1 Å². The predicted octanol–water partition coefficient (Wildman–Crippen LogP) is 5.33. The van der Waals surface area contributed by atoms with Crippen LogP contribution >= 0.6 is 0 Å². The van der Waals surface area contributed by atoms with Gasteiger partial charge in [-0.25, -0.2) is 19.0 Å². The summed E-state index contributed by atoms with van der Waals surface area (Å²) in [6.07, 6.45) is -2.88. The Kier molecular flexibility index (Phi) is 6.41. The molecule has 1 amide bonds. The third kappa shape index (κ3) is 5.45. The van der Waals surface area contributed by atoms with Gasteiger partial charge in [0.05, 0.1) is 27.2 Å². The van der Waals surface area contributed by atoms with E-state index in [1.807, 2.05) is 0 Å². The largest absolute Gasteiger partial charge is 0.453 e. The number of alkyl halides is 3. The number of aromatic nitrogens is 2. The summed E-state index contributed by atoms with van der Waals surface area (Å²) < 4.78 is 78.8. The number of ether oxygens (including phenoxy) is 1. The lowest BCUT2D eigenvalue weighted by Crippen LogP contribution is -2.19. The number of carbonyl (C=O) groups is 1. The van der Waals surface area contributed by atoms with Crippen molar-refractivity contribution in [1.29, 1.82) is 4.78 Å². The molecular formula is C21H18F4N4O3S. The van der Waals surface area contributed by atoms with E-state index in [0.717, 1.165) is 19.2 Å². The van der Waals surface area contributed by atoms with E-state index in [1.165, 1.54) is 43.5 Å². The van der Waals surface area contributed by atoms with Crippen LogP contribution in [0.5, 0.6) is 11.5 Å². The van der Waals surface area contributed by atoms with Gasteiger partial charge in [0.2, 0.25) is 5.95 Å². The van der Waals surface area contributed by atoms with Gasteiger partial charge in [-0.05, 0) is 49.7 Å². The van der Waals surface area contributed by atoms with Crippen LogP contribution in [0.15, 0.2) is 47.5 Å². The van der Waals surface area contributed by atoms with Crippen molar-refractivity contribution in [1.82, 2.24) is 9.97 Å². The lowest BCUT2D eigenvalue weighted by Gasteiger charge is -2.18. The van der Waals surface area contributed by atoms with Crippen LogP contribution in [-0.2, 0) is 15.9 Å². The summed E-state index contributed by atoms with van der Waals surface area (Å²) in [6, 6.07) is 7.84. The topological polar surface area (TPSA) is 105 Å². The number of nitrogens with one attached hydrogen (secondary N) is 2. The van der Waals surface area contributed by atoms with Gasteiger partial charge in [-0.3, -0.25) is 4.79 Å². The van der Waals surface area contributed by atoms with Gasteiger partial charge >= 0.3 is 6.18 Å². The van der Waals surface area contributed by atoms with E-state index in [9.17, 15) is 26.6 Å². The molecule has 12 heteroatoms. The number of amides is 1. The molecule has 2 aromatic heterocycles. The molecule has 7 nitrogen and oxygen atoms in total. The van der Waals surface area contributed by atoms with E-state index in [0.29, 0.717) is 0 Å². The molecule has 0 bridgehead atoms. The fraction of sp³-hybridized carbons (Fsp3) is 0.190. The van der Waals surface area contributed by atoms with Crippen molar-refractivity contribution < 1.29 is 31.3 Å². The highest BCUT2D eigenvalue weighted by Gasteiger charge is 2.37. The van der Waals surface area contributed by atoms with Gasteiger partial charge in [0.1, 0.15) is 11.4 Å². The third-order valence-corrected chi connectivity index (χ3v) is 5.70. The molecule has 174 valence electrons. The molecule has 0 unspecified atom stereocenters. The maximum absolute atomic E-state index is 13.4. The van der Waals surface area contributed by atoms with Gasteiger partial charge in [-0.2, -0.15) is 17.6 Å². The number of benzene rings is 1. The number of halogens is 4. The van der Waals surface area contributed by atoms with Crippen molar-refractivity contribution in [2.75, 3.05) is 11.6 Å². The van der Waals surface area contributed by atoms with Gasteiger partial charge in [-0.15, -0.1) is 0 Å². The van der Waals surface area contributed by atoms with Crippen molar-refractivity contribution in [3.8, 4) is 11.5 Å².